The van der Waals surface area contributed by atoms with E-state index in [2.05, 4.69) is 0 Å². The van der Waals surface area contributed by atoms with E-state index in [1.165, 1.54) is 4.88 Å². The molecular weight excluding hydrogens is 172 g/mol. The maximum atomic E-state index is 5.03. The highest BCUT2D eigenvalue weighted by Crippen LogP contribution is 2.30. The monoisotopic (exact) mass is 178 g/mol. The number of rotatable bonds is 1. The van der Waals surface area contributed by atoms with E-state index in [4.69, 9.17) is 17.0 Å². The van der Waals surface area contributed by atoms with Crippen molar-refractivity contribution in [3.8, 4) is 5.75 Å². The fourth-order valence-corrected chi connectivity index (χ4v) is 3.05. The lowest BCUT2D eigenvalue weighted by atomic mass is 10.5. The lowest BCUT2D eigenvalue weighted by Crippen LogP contribution is -1.80. The Morgan fingerprint density at radius 1 is 1.44 bits per heavy atom. The number of methoxy groups -OCH3 is 1. The van der Waals surface area contributed by atoms with Crippen molar-refractivity contribution >= 4 is 32.9 Å². The maximum Gasteiger partial charge on any atom is 0.161 e. The summed E-state index contributed by atoms with van der Waals surface area (Å²) in [6.45, 7) is 2.01. The van der Waals surface area contributed by atoms with Crippen LogP contribution < -0.4 is 4.74 Å². The van der Waals surface area contributed by atoms with Crippen LogP contribution in [0.3, 0.4) is 0 Å². The van der Waals surface area contributed by atoms with Crippen LogP contribution in [0.4, 0.5) is 0 Å². The van der Waals surface area contributed by atoms with E-state index < -0.39 is 0 Å². The normalized spacial score (nSPS) is 9.56. The van der Waals surface area contributed by atoms with Gasteiger partial charge in [0.2, 0.25) is 0 Å². The standard InChI is InChI=1S/C5H6OS3/c1-3-4(6-2)5(7)9-8-3/h1-2H3. The van der Waals surface area contributed by atoms with Crippen LogP contribution in [-0.4, -0.2) is 7.11 Å². The number of ether oxygens (including phenoxy) is 1. The molecule has 1 aromatic rings. The second-order valence-electron chi connectivity index (χ2n) is 1.54. The third-order valence-corrected chi connectivity index (χ3v) is 4.06. The molecule has 0 aliphatic carbocycles. The van der Waals surface area contributed by atoms with Crippen molar-refractivity contribution in [2.45, 2.75) is 6.92 Å². The summed E-state index contributed by atoms with van der Waals surface area (Å²) in [7, 11) is 4.91. The predicted octanol–water partition coefficient (Wildman–Crippen LogP) is 2.86. The van der Waals surface area contributed by atoms with E-state index in [0.717, 1.165) is 9.57 Å². The Labute approximate surface area is 66.3 Å². The van der Waals surface area contributed by atoms with Gasteiger partial charge in [-0.05, 0) is 6.92 Å². The summed E-state index contributed by atoms with van der Waals surface area (Å²) in [6, 6.07) is 0. The van der Waals surface area contributed by atoms with Gasteiger partial charge >= 0.3 is 0 Å². The molecule has 0 amide bonds. The molecule has 1 nitrogen and oxygen atoms in total. The molecule has 1 aromatic heterocycles. The third kappa shape index (κ3) is 1.31. The summed E-state index contributed by atoms with van der Waals surface area (Å²) in [5, 5.41) is 0. The first-order valence-electron chi connectivity index (χ1n) is 2.39. The molecule has 0 saturated heterocycles. The zero-order valence-corrected chi connectivity index (χ0v) is 7.58. The summed E-state index contributed by atoms with van der Waals surface area (Å²) in [4.78, 5) is 1.17. The molecule has 0 fully saturated rings. The van der Waals surface area contributed by atoms with E-state index in [1.54, 1.807) is 27.8 Å². The highest BCUT2D eigenvalue weighted by molar-refractivity contribution is 7.79. The molecule has 0 aliphatic heterocycles. The van der Waals surface area contributed by atoms with Gasteiger partial charge in [0.05, 0.1) is 12.0 Å². The number of hydrogen-bond donors (Lipinski definition) is 0. The molecule has 0 aliphatic rings. The Balaban J connectivity index is 3.23. The predicted molar refractivity (Wildman–Crippen MR) is 44.3 cm³/mol. The van der Waals surface area contributed by atoms with Crippen LogP contribution in [0.5, 0.6) is 5.75 Å². The van der Waals surface area contributed by atoms with Crippen molar-refractivity contribution in [1.82, 2.24) is 0 Å². The molecule has 0 unspecified atom stereocenters. The van der Waals surface area contributed by atoms with Crippen LogP contribution in [0.2, 0.25) is 0 Å². The number of aryl methyl sites for hydroxylation is 1. The average molecular weight is 178 g/mol. The quantitative estimate of drug-likeness (QED) is 0.483. The van der Waals surface area contributed by atoms with Gasteiger partial charge in [-0.15, -0.1) is 0 Å². The van der Waals surface area contributed by atoms with E-state index in [0.29, 0.717) is 0 Å². The van der Waals surface area contributed by atoms with Crippen molar-refractivity contribution in [2.24, 2.45) is 0 Å². The molecule has 1 rings (SSSR count). The molecule has 4 heteroatoms. The summed E-state index contributed by atoms with van der Waals surface area (Å²) < 4.78 is 5.89. The SMILES string of the molecule is COc1c(C)ssc1=S. The molecule has 0 bridgehead atoms. The van der Waals surface area contributed by atoms with Gasteiger partial charge in [0.25, 0.3) is 0 Å². The van der Waals surface area contributed by atoms with Crippen LogP contribution in [0.1, 0.15) is 4.88 Å². The zero-order valence-electron chi connectivity index (χ0n) is 5.13. The minimum atomic E-state index is 0.861. The van der Waals surface area contributed by atoms with Gasteiger partial charge in [-0.3, -0.25) is 0 Å². The maximum absolute atomic E-state index is 5.03. The molecule has 0 spiro atoms. The smallest absolute Gasteiger partial charge is 0.161 e. The van der Waals surface area contributed by atoms with Crippen molar-refractivity contribution < 1.29 is 4.74 Å². The van der Waals surface area contributed by atoms with Gasteiger partial charge in [-0.1, -0.05) is 32.9 Å². The van der Waals surface area contributed by atoms with Crippen LogP contribution in [-0.2, 0) is 0 Å². The van der Waals surface area contributed by atoms with Crippen molar-refractivity contribution in [1.29, 1.82) is 0 Å². The van der Waals surface area contributed by atoms with Crippen molar-refractivity contribution in [3.05, 3.63) is 8.70 Å². The molecule has 0 N–H and O–H groups in total. The Morgan fingerprint density at radius 3 is 2.33 bits per heavy atom. The van der Waals surface area contributed by atoms with Crippen LogP contribution in [0, 0.1) is 10.7 Å². The molecule has 9 heavy (non-hydrogen) atoms. The molecule has 50 valence electrons. The molecule has 1 heterocycles. The topological polar surface area (TPSA) is 9.23 Å². The molecule has 0 atom stereocenters. The lowest BCUT2D eigenvalue weighted by Gasteiger charge is -1.92. The third-order valence-electron chi connectivity index (χ3n) is 0.952. The van der Waals surface area contributed by atoms with E-state index >= 15 is 0 Å². The lowest BCUT2D eigenvalue weighted by molar-refractivity contribution is 0.413. The molecule has 0 radical (unpaired) electrons. The minimum absolute atomic E-state index is 0.861. The molecule has 0 saturated carbocycles. The first-order valence-corrected chi connectivity index (χ1v) is 4.95. The van der Waals surface area contributed by atoms with Gasteiger partial charge in [0, 0.05) is 0 Å². The van der Waals surface area contributed by atoms with Gasteiger partial charge < -0.3 is 4.74 Å². The molecular formula is C5H6OS3. The van der Waals surface area contributed by atoms with Gasteiger partial charge in [-0.2, -0.15) is 0 Å². The minimum Gasteiger partial charge on any atom is -0.493 e. The first kappa shape index (κ1) is 7.18. The van der Waals surface area contributed by atoms with Crippen LogP contribution in [0.15, 0.2) is 0 Å². The highest BCUT2D eigenvalue weighted by Gasteiger charge is 2.01. The largest absolute Gasteiger partial charge is 0.493 e. The summed E-state index contributed by atoms with van der Waals surface area (Å²) in [6.07, 6.45) is 0. The fraction of sp³-hybridized carbons (Fsp3) is 0.400. The van der Waals surface area contributed by atoms with Crippen molar-refractivity contribution in [3.63, 3.8) is 0 Å². The summed E-state index contributed by atoms with van der Waals surface area (Å²) in [5.41, 5.74) is 0. The van der Waals surface area contributed by atoms with E-state index in [9.17, 15) is 0 Å². The Morgan fingerprint density at radius 2 is 2.11 bits per heavy atom. The Bertz CT molecular complexity index is 247. The Hall–Kier alpha value is 0.0700. The van der Waals surface area contributed by atoms with Gasteiger partial charge in [0.1, 0.15) is 3.82 Å². The summed E-state index contributed by atoms with van der Waals surface area (Å²) in [5.74, 6) is 0.875. The van der Waals surface area contributed by atoms with Gasteiger partial charge in [-0.25, -0.2) is 0 Å². The highest BCUT2D eigenvalue weighted by atomic mass is 32.9. The zero-order chi connectivity index (χ0) is 6.85. The second kappa shape index (κ2) is 2.77. The van der Waals surface area contributed by atoms with Crippen molar-refractivity contribution in [2.75, 3.05) is 7.11 Å². The number of hydrogen-bond acceptors (Lipinski definition) is 4. The van der Waals surface area contributed by atoms with E-state index in [-0.39, 0.29) is 0 Å². The summed E-state index contributed by atoms with van der Waals surface area (Å²) >= 11 is 4.98. The van der Waals surface area contributed by atoms with Crippen LogP contribution in [0.25, 0.3) is 0 Å². The fourth-order valence-electron chi connectivity index (χ4n) is 0.547. The van der Waals surface area contributed by atoms with Gasteiger partial charge in [0.15, 0.2) is 5.75 Å². The molecule has 0 aromatic carbocycles. The second-order valence-corrected chi connectivity index (χ2v) is 4.56. The van der Waals surface area contributed by atoms with E-state index in [1.807, 2.05) is 6.92 Å². The average Bonchev–Trinajstić information content (AvgIpc) is 2.12. The Kier molecular flexibility index (Phi) is 2.21. The van der Waals surface area contributed by atoms with Crippen LogP contribution >= 0.6 is 32.9 Å². The first-order chi connectivity index (χ1) is 4.25.